The Morgan fingerprint density at radius 1 is 1.11 bits per heavy atom. The van der Waals surface area contributed by atoms with Crippen molar-refractivity contribution in [2.24, 2.45) is 5.92 Å². The topological polar surface area (TPSA) is 86.7 Å². The molecule has 1 saturated heterocycles. The van der Waals surface area contributed by atoms with Crippen molar-refractivity contribution in [2.75, 3.05) is 32.7 Å². The molecule has 0 aromatic rings. The molecule has 1 heterocycles. The largest absolute Gasteiger partial charge is 0.389 e. The van der Waals surface area contributed by atoms with Crippen molar-refractivity contribution in [3.8, 4) is 0 Å². The Balaban J connectivity index is 2.24. The van der Waals surface area contributed by atoms with Crippen LogP contribution in [-0.4, -0.2) is 66.2 Å². The highest BCUT2D eigenvalue weighted by Gasteiger charge is 2.36. The lowest BCUT2D eigenvalue weighted by molar-refractivity contribution is -0.117. The van der Waals surface area contributed by atoms with E-state index in [0.717, 1.165) is 32.5 Å². The zero-order chi connectivity index (χ0) is 20.9. The number of β-amino-alcohol motifs (C(OH)–C–C–N with tert-alkyl or cyclic N) is 1. The Morgan fingerprint density at radius 3 is 2.32 bits per heavy atom. The van der Waals surface area contributed by atoms with E-state index in [-0.39, 0.29) is 17.5 Å². The van der Waals surface area contributed by atoms with E-state index in [4.69, 9.17) is 0 Å². The number of unbranched alkanes of at least 4 members (excludes halogenated alkanes) is 1. The molecule has 0 saturated carbocycles. The van der Waals surface area contributed by atoms with Crippen LogP contribution in [0.2, 0.25) is 0 Å². The normalized spacial score (nSPS) is 22.5. The van der Waals surface area contributed by atoms with Crippen molar-refractivity contribution >= 4 is 17.9 Å². The highest BCUT2D eigenvalue weighted by atomic mass is 16.3. The van der Waals surface area contributed by atoms with Gasteiger partial charge in [-0.05, 0) is 52.9 Å². The van der Waals surface area contributed by atoms with Crippen LogP contribution in [0.25, 0.3) is 0 Å². The van der Waals surface area contributed by atoms with Gasteiger partial charge < -0.3 is 15.2 Å². The number of rotatable bonds is 9. The molecular weight excluding hydrogens is 356 g/mol. The second kappa shape index (κ2) is 9.72. The molecule has 1 aliphatic carbocycles. The minimum Gasteiger partial charge on any atom is -0.389 e. The summed E-state index contributed by atoms with van der Waals surface area (Å²) in [5, 5.41) is 14.4. The standard InChI is InChI=1S/C22H34N2O4/c1-15-16(2)21(27)19(17(3)20(15)26)18(7-5-6-12-25)13-22(4,28)14-24-10-8-23-9-11-24/h12,18,23,28H,5-11,13-14H2,1-4H3. The number of hydrogen-bond donors (Lipinski definition) is 2. The number of carbonyl (C=O) groups is 3. The summed E-state index contributed by atoms with van der Waals surface area (Å²) in [7, 11) is 0. The third-order valence-electron chi connectivity index (χ3n) is 5.98. The molecular formula is C22H34N2O4. The third kappa shape index (κ3) is 5.46. The zero-order valence-electron chi connectivity index (χ0n) is 17.6. The molecule has 6 heteroatoms. The second-order valence-electron chi connectivity index (χ2n) is 8.47. The zero-order valence-corrected chi connectivity index (χ0v) is 17.6. The highest BCUT2D eigenvalue weighted by molar-refractivity contribution is 6.24. The molecule has 2 rings (SSSR count). The summed E-state index contributed by atoms with van der Waals surface area (Å²) in [6.45, 7) is 11.0. The lowest BCUT2D eigenvalue weighted by Crippen LogP contribution is -2.50. The maximum absolute atomic E-state index is 13.0. The predicted molar refractivity (Wildman–Crippen MR) is 109 cm³/mol. The Kier molecular flexibility index (Phi) is 7.87. The summed E-state index contributed by atoms with van der Waals surface area (Å²) >= 11 is 0. The molecule has 0 aromatic carbocycles. The molecule has 2 atom stereocenters. The summed E-state index contributed by atoms with van der Waals surface area (Å²) in [5.74, 6) is -0.421. The average Bonchev–Trinajstić information content (AvgIpc) is 2.65. The van der Waals surface area contributed by atoms with Crippen LogP contribution in [0.15, 0.2) is 22.3 Å². The van der Waals surface area contributed by atoms with Gasteiger partial charge in [-0.25, -0.2) is 0 Å². The fraction of sp³-hybridized carbons (Fsp3) is 0.682. The first-order valence-electron chi connectivity index (χ1n) is 10.2. The highest BCUT2D eigenvalue weighted by Crippen LogP contribution is 2.36. The van der Waals surface area contributed by atoms with Crippen molar-refractivity contribution in [1.29, 1.82) is 0 Å². The SMILES string of the molecule is CC1=C(C)C(=O)C(C(CCCC=O)CC(C)(O)CN2CCNCC2)=C(C)C1=O. The predicted octanol–water partition coefficient (Wildman–Crippen LogP) is 1.82. The first-order chi connectivity index (χ1) is 13.2. The van der Waals surface area contributed by atoms with Crippen molar-refractivity contribution in [2.45, 2.75) is 59.0 Å². The van der Waals surface area contributed by atoms with Gasteiger partial charge in [0.05, 0.1) is 5.60 Å². The van der Waals surface area contributed by atoms with Gasteiger partial charge >= 0.3 is 0 Å². The van der Waals surface area contributed by atoms with Gasteiger partial charge in [0.1, 0.15) is 6.29 Å². The molecule has 28 heavy (non-hydrogen) atoms. The molecule has 1 fully saturated rings. The maximum Gasteiger partial charge on any atom is 0.185 e. The van der Waals surface area contributed by atoms with Gasteiger partial charge in [0.2, 0.25) is 0 Å². The molecule has 6 nitrogen and oxygen atoms in total. The third-order valence-corrected chi connectivity index (χ3v) is 5.98. The minimum atomic E-state index is -0.982. The number of hydrogen-bond acceptors (Lipinski definition) is 6. The molecule has 2 N–H and O–H groups in total. The number of nitrogens with one attached hydrogen (secondary N) is 1. The van der Waals surface area contributed by atoms with Crippen molar-refractivity contribution < 1.29 is 19.5 Å². The number of ketones is 2. The number of piperazine rings is 1. The van der Waals surface area contributed by atoms with Gasteiger partial charge in [0.15, 0.2) is 11.6 Å². The molecule has 0 spiro atoms. The van der Waals surface area contributed by atoms with Crippen LogP contribution in [-0.2, 0) is 14.4 Å². The summed E-state index contributed by atoms with van der Waals surface area (Å²) in [6, 6.07) is 0. The van der Waals surface area contributed by atoms with Crippen molar-refractivity contribution in [3.63, 3.8) is 0 Å². The lowest BCUT2D eigenvalue weighted by Gasteiger charge is -2.37. The fourth-order valence-corrected chi connectivity index (χ4v) is 4.35. The van der Waals surface area contributed by atoms with Crippen LogP contribution in [0.3, 0.4) is 0 Å². The molecule has 2 unspecified atom stereocenters. The van der Waals surface area contributed by atoms with E-state index in [1.54, 1.807) is 27.7 Å². The van der Waals surface area contributed by atoms with Crippen molar-refractivity contribution in [1.82, 2.24) is 10.2 Å². The van der Waals surface area contributed by atoms with E-state index in [9.17, 15) is 19.5 Å². The number of aldehydes is 1. The average molecular weight is 391 g/mol. The van der Waals surface area contributed by atoms with Gasteiger partial charge in [0, 0.05) is 61.4 Å². The van der Waals surface area contributed by atoms with Crippen LogP contribution in [0.1, 0.15) is 53.4 Å². The Morgan fingerprint density at radius 2 is 1.71 bits per heavy atom. The summed E-state index contributed by atoms with van der Waals surface area (Å²) in [6.07, 6.45) is 2.93. The Hall–Kier alpha value is -1.63. The van der Waals surface area contributed by atoms with Gasteiger partial charge in [-0.15, -0.1) is 0 Å². The van der Waals surface area contributed by atoms with E-state index in [2.05, 4.69) is 10.2 Å². The van der Waals surface area contributed by atoms with Crippen molar-refractivity contribution in [3.05, 3.63) is 22.3 Å². The first kappa shape index (κ1) is 22.7. The van der Waals surface area contributed by atoms with Crippen LogP contribution in [0, 0.1) is 5.92 Å². The van der Waals surface area contributed by atoms with E-state index >= 15 is 0 Å². The number of nitrogens with zero attached hydrogens (tertiary/aromatic N) is 1. The summed E-state index contributed by atoms with van der Waals surface area (Å²) < 4.78 is 0. The Bertz CT molecular complexity index is 685. The Labute approximate surface area is 168 Å². The van der Waals surface area contributed by atoms with Crippen LogP contribution >= 0.6 is 0 Å². The molecule has 0 bridgehead atoms. The second-order valence-corrected chi connectivity index (χ2v) is 8.47. The summed E-state index contributed by atoms with van der Waals surface area (Å²) in [4.78, 5) is 38.6. The van der Waals surface area contributed by atoms with Crippen LogP contribution in [0.4, 0.5) is 0 Å². The van der Waals surface area contributed by atoms with Gasteiger partial charge in [-0.1, -0.05) is 0 Å². The van der Waals surface area contributed by atoms with Gasteiger partial charge in [-0.2, -0.15) is 0 Å². The van der Waals surface area contributed by atoms with Gasteiger partial charge in [-0.3, -0.25) is 14.5 Å². The smallest absolute Gasteiger partial charge is 0.185 e. The molecule has 0 radical (unpaired) electrons. The van der Waals surface area contributed by atoms with Crippen LogP contribution < -0.4 is 5.32 Å². The molecule has 0 amide bonds. The monoisotopic (exact) mass is 390 g/mol. The van der Waals surface area contributed by atoms with E-state index in [1.165, 1.54) is 0 Å². The number of Topliss-reactive ketones (excluding diaryl/α,β-unsaturated/α-hetero) is 2. The number of aliphatic hydroxyl groups is 1. The molecule has 1 aliphatic heterocycles. The molecule has 156 valence electrons. The minimum absolute atomic E-state index is 0.0887. The van der Waals surface area contributed by atoms with E-state index < -0.39 is 5.60 Å². The molecule has 0 aromatic heterocycles. The lowest BCUT2D eigenvalue weighted by atomic mass is 9.74. The quantitative estimate of drug-likeness (QED) is 0.355. The van der Waals surface area contributed by atoms with Crippen LogP contribution in [0.5, 0.6) is 0 Å². The number of allylic oxidation sites excluding steroid dienone is 4. The van der Waals surface area contributed by atoms with E-state index in [1.807, 2.05) is 0 Å². The molecule has 2 aliphatic rings. The van der Waals surface area contributed by atoms with E-state index in [0.29, 0.717) is 54.5 Å². The maximum atomic E-state index is 13.0. The summed E-state index contributed by atoms with van der Waals surface area (Å²) in [5.41, 5.74) is 1.03. The van der Waals surface area contributed by atoms with Gasteiger partial charge in [0.25, 0.3) is 0 Å². The fourth-order valence-electron chi connectivity index (χ4n) is 4.35. The number of carbonyl (C=O) groups excluding carboxylic acids is 3. The first-order valence-corrected chi connectivity index (χ1v) is 10.2.